The first kappa shape index (κ1) is 22.4. The van der Waals surface area contributed by atoms with Gasteiger partial charge in [-0.25, -0.2) is 0 Å². The molecule has 2 aromatic rings. The summed E-state index contributed by atoms with van der Waals surface area (Å²) in [5.74, 6) is 3.58. The Hall–Kier alpha value is -1.80. The molecule has 2 nitrogen and oxygen atoms in total. The molecule has 2 aliphatic rings. The fourth-order valence-electron chi connectivity index (χ4n) is 6.36. The van der Waals surface area contributed by atoms with Crippen molar-refractivity contribution in [3.8, 4) is 16.9 Å². The molecule has 0 spiro atoms. The second-order valence-electron chi connectivity index (χ2n) is 10.2. The van der Waals surface area contributed by atoms with Crippen LogP contribution in [0.3, 0.4) is 0 Å². The van der Waals surface area contributed by atoms with E-state index in [1.165, 1.54) is 68.1 Å². The lowest BCUT2D eigenvalue weighted by Crippen LogP contribution is -2.35. The van der Waals surface area contributed by atoms with Crippen molar-refractivity contribution in [2.75, 3.05) is 7.11 Å². The average Bonchev–Trinajstić information content (AvgIpc) is 2.80. The number of aryl methyl sites for hydroxylation is 1. The number of aliphatic hydroxyl groups is 1. The fourth-order valence-corrected chi connectivity index (χ4v) is 6.36. The average molecular weight is 421 g/mol. The number of hydrogen-bond donors (Lipinski definition) is 1. The van der Waals surface area contributed by atoms with Crippen LogP contribution >= 0.6 is 0 Å². The molecule has 0 heterocycles. The number of ether oxygens (including phenoxy) is 1. The molecule has 2 heteroatoms. The van der Waals surface area contributed by atoms with Crippen molar-refractivity contribution >= 4 is 0 Å². The zero-order valence-corrected chi connectivity index (χ0v) is 19.7. The highest BCUT2D eigenvalue weighted by Gasteiger charge is 2.38. The molecule has 0 aliphatic heterocycles. The Labute approximate surface area is 189 Å². The Balaban J connectivity index is 1.39. The second kappa shape index (κ2) is 9.77. The van der Waals surface area contributed by atoms with Gasteiger partial charge in [0, 0.05) is 0 Å². The summed E-state index contributed by atoms with van der Waals surface area (Å²) in [6.45, 7) is 4.47. The second-order valence-corrected chi connectivity index (χ2v) is 10.2. The van der Waals surface area contributed by atoms with E-state index in [-0.39, 0.29) is 0 Å². The lowest BCUT2D eigenvalue weighted by atomic mass is 9.66. The van der Waals surface area contributed by atoms with E-state index in [0.29, 0.717) is 0 Å². The van der Waals surface area contributed by atoms with E-state index in [9.17, 15) is 5.11 Å². The Bertz CT molecular complexity index is 838. The summed E-state index contributed by atoms with van der Waals surface area (Å²) in [4.78, 5) is 0. The van der Waals surface area contributed by atoms with Gasteiger partial charge in [-0.1, -0.05) is 62.9 Å². The maximum absolute atomic E-state index is 11.6. The van der Waals surface area contributed by atoms with Crippen LogP contribution < -0.4 is 4.74 Å². The normalized spacial score (nSPS) is 29.0. The van der Waals surface area contributed by atoms with Gasteiger partial charge in [0.1, 0.15) is 5.75 Å². The highest BCUT2D eigenvalue weighted by Crippen LogP contribution is 2.47. The molecule has 2 aliphatic carbocycles. The highest BCUT2D eigenvalue weighted by atomic mass is 16.5. The molecule has 0 unspecified atom stereocenters. The standard InChI is InChI=1S/C29H40O2/c1-4-5-22-6-8-23(9-7-22)25-16-18-29(30,19-17-25)28-15-12-26(20-21(28)2)24-10-13-27(31-3)14-11-24/h10-15,20,22-23,25,30H,4-9,16-19H2,1-3H3. The summed E-state index contributed by atoms with van der Waals surface area (Å²) in [7, 11) is 1.70. The van der Waals surface area contributed by atoms with Crippen LogP contribution in [-0.4, -0.2) is 12.2 Å². The van der Waals surface area contributed by atoms with E-state index in [0.717, 1.165) is 41.9 Å². The molecule has 0 aromatic heterocycles. The first-order chi connectivity index (χ1) is 15.0. The highest BCUT2D eigenvalue weighted by molar-refractivity contribution is 5.66. The van der Waals surface area contributed by atoms with Gasteiger partial charge < -0.3 is 9.84 Å². The molecule has 168 valence electrons. The molecule has 0 saturated heterocycles. The van der Waals surface area contributed by atoms with Gasteiger partial charge in [0.05, 0.1) is 12.7 Å². The summed E-state index contributed by atoms with van der Waals surface area (Å²) in [6, 6.07) is 14.8. The van der Waals surface area contributed by atoms with Gasteiger partial charge in [-0.3, -0.25) is 0 Å². The molecule has 0 bridgehead atoms. The first-order valence-corrected chi connectivity index (χ1v) is 12.5. The Morgan fingerprint density at radius 1 is 0.871 bits per heavy atom. The third-order valence-electron chi connectivity index (χ3n) is 8.26. The first-order valence-electron chi connectivity index (χ1n) is 12.5. The lowest BCUT2D eigenvalue weighted by Gasteiger charge is -2.42. The van der Waals surface area contributed by atoms with Crippen molar-refractivity contribution in [1.82, 2.24) is 0 Å². The van der Waals surface area contributed by atoms with Crippen LogP contribution in [0.15, 0.2) is 42.5 Å². The van der Waals surface area contributed by atoms with Gasteiger partial charge in [-0.2, -0.15) is 0 Å². The van der Waals surface area contributed by atoms with E-state index >= 15 is 0 Å². The minimum absolute atomic E-state index is 0.654. The monoisotopic (exact) mass is 420 g/mol. The van der Waals surface area contributed by atoms with E-state index in [1.54, 1.807) is 7.11 Å². The zero-order valence-electron chi connectivity index (χ0n) is 19.7. The van der Waals surface area contributed by atoms with Gasteiger partial charge in [0.2, 0.25) is 0 Å². The van der Waals surface area contributed by atoms with Crippen LogP contribution in [0, 0.1) is 24.7 Å². The molecule has 4 rings (SSSR count). The molecule has 0 atom stereocenters. The van der Waals surface area contributed by atoms with E-state index in [2.05, 4.69) is 44.2 Å². The minimum atomic E-state index is -0.654. The quantitative estimate of drug-likeness (QED) is 0.520. The minimum Gasteiger partial charge on any atom is -0.497 e. The predicted octanol–water partition coefficient (Wildman–Crippen LogP) is 7.65. The van der Waals surface area contributed by atoms with E-state index < -0.39 is 5.60 Å². The van der Waals surface area contributed by atoms with Crippen LogP contribution in [0.25, 0.3) is 11.1 Å². The van der Waals surface area contributed by atoms with Crippen LogP contribution in [0.4, 0.5) is 0 Å². The van der Waals surface area contributed by atoms with Crippen LogP contribution in [0.1, 0.15) is 82.3 Å². The summed E-state index contributed by atoms with van der Waals surface area (Å²) in [6.07, 6.45) is 12.7. The Morgan fingerprint density at radius 3 is 2.06 bits per heavy atom. The van der Waals surface area contributed by atoms with Crippen molar-refractivity contribution < 1.29 is 9.84 Å². The molecule has 2 fully saturated rings. The number of hydrogen-bond acceptors (Lipinski definition) is 2. The van der Waals surface area contributed by atoms with Crippen LogP contribution in [-0.2, 0) is 5.60 Å². The predicted molar refractivity (Wildman–Crippen MR) is 129 cm³/mol. The Morgan fingerprint density at radius 2 is 1.48 bits per heavy atom. The smallest absolute Gasteiger partial charge is 0.118 e. The third-order valence-corrected chi connectivity index (χ3v) is 8.26. The summed E-state index contributed by atoms with van der Waals surface area (Å²) in [5, 5.41) is 11.6. The van der Waals surface area contributed by atoms with Gasteiger partial charge in [-0.15, -0.1) is 0 Å². The zero-order chi connectivity index (χ0) is 21.8. The maximum atomic E-state index is 11.6. The summed E-state index contributed by atoms with van der Waals surface area (Å²) >= 11 is 0. The van der Waals surface area contributed by atoms with Crippen LogP contribution in [0.2, 0.25) is 0 Å². The maximum Gasteiger partial charge on any atom is 0.118 e. The van der Waals surface area contributed by atoms with E-state index in [1.807, 2.05) is 12.1 Å². The molecule has 1 N–H and O–H groups in total. The Kier molecular flexibility index (Phi) is 7.06. The molecule has 0 radical (unpaired) electrons. The molecule has 2 aromatic carbocycles. The van der Waals surface area contributed by atoms with Crippen molar-refractivity contribution in [2.24, 2.45) is 17.8 Å². The fraction of sp³-hybridized carbons (Fsp3) is 0.586. The number of rotatable bonds is 6. The van der Waals surface area contributed by atoms with Gasteiger partial charge in [0.15, 0.2) is 0 Å². The molecular formula is C29H40O2. The number of methoxy groups -OCH3 is 1. The van der Waals surface area contributed by atoms with Gasteiger partial charge in [-0.05, 0) is 97.6 Å². The van der Waals surface area contributed by atoms with Gasteiger partial charge in [0.25, 0.3) is 0 Å². The molecule has 2 saturated carbocycles. The molecule has 31 heavy (non-hydrogen) atoms. The summed E-state index contributed by atoms with van der Waals surface area (Å²) < 4.78 is 5.28. The van der Waals surface area contributed by atoms with E-state index in [4.69, 9.17) is 4.74 Å². The summed E-state index contributed by atoms with van der Waals surface area (Å²) in [5.41, 5.74) is 4.07. The van der Waals surface area contributed by atoms with Crippen molar-refractivity contribution in [3.63, 3.8) is 0 Å². The van der Waals surface area contributed by atoms with Gasteiger partial charge >= 0.3 is 0 Å². The SMILES string of the molecule is CCCC1CCC(C2CCC(O)(c3ccc(-c4ccc(OC)cc4)cc3C)CC2)CC1. The largest absolute Gasteiger partial charge is 0.497 e. The van der Waals surface area contributed by atoms with Crippen molar-refractivity contribution in [2.45, 2.75) is 83.7 Å². The van der Waals surface area contributed by atoms with Crippen molar-refractivity contribution in [3.05, 3.63) is 53.6 Å². The lowest BCUT2D eigenvalue weighted by molar-refractivity contribution is -0.0265. The third kappa shape index (κ3) is 5.00. The number of benzene rings is 2. The van der Waals surface area contributed by atoms with Crippen molar-refractivity contribution in [1.29, 1.82) is 0 Å². The molecular weight excluding hydrogens is 380 g/mol. The molecule has 0 amide bonds. The van der Waals surface area contributed by atoms with Crippen LogP contribution in [0.5, 0.6) is 5.75 Å². The topological polar surface area (TPSA) is 29.5 Å².